The van der Waals surface area contributed by atoms with Crippen molar-refractivity contribution in [1.29, 1.82) is 0 Å². The molecule has 0 spiro atoms. The highest BCUT2D eigenvalue weighted by Gasteiger charge is 2.17. The fraction of sp³-hybridized carbons (Fsp3) is 0.273. The molecular formula is C11H12FNO4. The summed E-state index contributed by atoms with van der Waals surface area (Å²) in [5.41, 5.74) is -0.572. The third kappa shape index (κ3) is 3.44. The van der Waals surface area contributed by atoms with Gasteiger partial charge in [0, 0.05) is 6.54 Å². The van der Waals surface area contributed by atoms with E-state index in [9.17, 15) is 14.0 Å². The minimum atomic E-state index is -1.44. The number of ether oxygens (including phenoxy) is 1. The van der Waals surface area contributed by atoms with Crippen molar-refractivity contribution in [1.82, 2.24) is 5.32 Å². The topological polar surface area (TPSA) is 75.6 Å². The van der Waals surface area contributed by atoms with E-state index in [2.05, 4.69) is 5.32 Å². The Kier molecular flexibility index (Phi) is 4.45. The lowest BCUT2D eigenvalue weighted by atomic mass is 10.2. The van der Waals surface area contributed by atoms with Crippen LogP contribution in [0.2, 0.25) is 0 Å². The van der Waals surface area contributed by atoms with Crippen molar-refractivity contribution in [2.75, 3.05) is 13.2 Å². The number of amides is 1. The van der Waals surface area contributed by atoms with Gasteiger partial charge in [0.1, 0.15) is 17.1 Å². The monoisotopic (exact) mass is 241 g/mol. The van der Waals surface area contributed by atoms with E-state index in [-0.39, 0.29) is 12.4 Å². The predicted octanol–water partition coefficient (Wildman–Crippen LogP) is 1.04. The highest BCUT2D eigenvalue weighted by molar-refractivity contribution is 5.91. The SMILES string of the molecule is CCNC(=O)COc1cccc(F)c1C(=O)O. The van der Waals surface area contributed by atoms with Gasteiger partial charge in [0.2, 0.25) is 0 Å². The maximum atomic E-state index is 13.2. The van der Waals surface area contributed by atoms with Crippen LogP contribution in [0, 0.1) is 5.82 Å². The largest absolute Gasteiger partial charge is 0.483 e. The van der Waals surface area contributed by atoms with Gasteiger partial charge in [0.05, 0.1) is 0 Å². The summed E-state index contributed by atoms with van der Waals surface area (Å²) in [6, 6.07) is 3.63. The van der Waals surface area contributed by atoms with Gasteiger partial charge in [0.25, 0.3) is 5.91 Å². The van der Waals surface area contributed by atoms with Crippen molar-refractivity contribution < 1.29 is 23.8 Å². The lowest BCUT2D eigenvalue weighted by molar-refractivity contribution is -0.123. The molecule has 2 N–H and O–H groups in total. The summed E-state index contributed by atoms with van der Waals surface area (Å²) in [7, 11) is 0. The van der Waals surface area contributed by atoms with Gasteiger partial charge in [-0.2, -0.15) is 0 Å². The lowest BCUT2D eigenvalue weighted by Crippen LogP contribution is -2.28. The molecule has 1 amide bonds. The van der Waals surface area contributed by atoms with E-state index >= 15 is 0 Å². The number of nitrogens with one attached hydrogen (secondary N) is 1. The van der Waals surface area contributed by atoms with Crippen LogP contribution in [0.4, 0.5) is 4.39 Å². The number of rotatable bonds is 5. The van der Waals surface area contributed by atoms with Gasteiger partial charge in [-0.05, 0) is 19.1 Å². The van der Waals surface area contributed by atoms with Gasteiger partial charge < -0.3 is 15.2 Å². The Morgan fingerprint density at radius 2 is 2.18 bits per heavy atom. The van der Waals surface area contributed by atoms with Crippen molar-refractivity contribution in [3.63, 3.8) is 0 Å². The molecule has 0 saturated carbocycles. The molecule has 0 radical (unpaired) electrons. The second-order valence-electron chi connectivity index (χ2n) is 3.16. The van der Waals surface area contributed by atoms with Crippen LogP contribution in [0.25, 0.3) is 0 Å². The first-order valence-electron chi connectivity index (χ1n) is 4.97. The molecule has 17 heavy (non-hydrogen) atoms. The Hall–Kier alpha value is -2.11. The third-order valence-corrected chi connectivity index (χ3v) is 1.92. The summed E-state index contributed by atoms with van der Waals surface area (Å²) in [5.74, 6) is -2.89. The van der Waals surface area contributed by atoms with Crippen molar-refractivity contribution in [3.8, 4) is 5.75 Å². The van der Waals surface area contributed by atoms with Crippen molar-refractivity contribution in [2.45, 2.75) is 6.92 Å². The van der Waals surface area contributed by atoms with Crippen LogP contribution >= 0.6 is 0 Å². The highest BCUT2D eigenvalue weighted by Crippen LogP contribution is 2.21. The van der Waals surface area contributed by atoms with Crippen LogP contribution < -0.4 is 10.1 Å². The number of halogens is 1. The van der Waals surface area contributed by atoms with Crippen molar-refractivity contribution >= 4 is 11.9 Å². The molecule has 0 saturated heterocycles. The summed E-state index contributed by atoms with van der Waals surface area (Å²) in [6.07, 6.45) is 0. The zero-order valence-electron chi connectivity index (χ0n) is 9.20. The molecule has 0 unspecified atom stereocenters. The van der Waals surface area contributed by atoms with E-state index in [1.807, 2.05) is 0 Å². The molecule has 0 aliphatic rings. The van der Waals surface area contributed by atoms with Gasteiger partial charge in [-0.1, -0.05) is 6.07 Å². The van der Waals surface area contributed by atoms with E-state index < -0.39 is 23.3 Å². The van der Waals surface area contributed by atoms with E-state index in [0.717, 1.165) is 6.07 Å². The average Bonchev–Trinajstić information content (AvgIpc) is 2.26. The first-order valence-corrected chi connectivity index (χ1v) is 4.97. The van der Waals surface area contributed by atoms with Crippen LogP contribution in [0.1, 0.15) is 17.3 Å². The number of likely N-dealkylation sites (N-methyl/N-ethyl adjacent to an activating group) is 1. The normalized spacial score (nSPS) is 9.76. The smallest absolute Gasteiger partial charge is 0.342 e. The zero-order valence-corrected chi connectivity index (χ0v) is 9.20. The number of benzene rings is 1. The van der Waals surface area contributed by atoms with Crippen molar-refractivity contribution in [3.05, 3.63) is 29.6 Å². The Balaban J connectivity index is 2.81. The van der Waals surface area contributed by atoms with Crippen LogP contribution in [0.3, 0.4) is 0 Å². The molecular weight excluding hydrogens is 229 g/mol. The number of hydrogen-bond acceptors (Lipinski definition) is 3. The maximum Gasteiger partial charge on any atom is 0.342 e. The zero-order chi connectivity index (χ0) is 12.8. The molecule has 1 rings (SSSR count). The van der Waals surface area contributed by atoms with Crippen molar-refractivity contribution in [2.24, 2.45) is 0 Å². The van der Waals surface area contributed by atoms with E-state index in [4.69, 9.17) is 9.84 Å². The molecule has 0 aliphatic carbocycles. The minimum Gasteiger partial charge on any atom is -0.483 e. The van der Waals surface area contributed by atoms with Crippen LogP contribution in [0.15, 0.2) is 18.2 Å². The molecule has 0 heterocycles. The fourth-order valence-electron chi connectivity index (χ4n) is 1.22. The molecule has 0 aliphatic heterocycles. The Bertz CT molecular complexity index is 433. The third-order valence-electron chi connectivity index (χ3n) is 1.92. The summed E-state index contributed by atoms with van der Waals surface area (Å²) < 4.78 is 18.2. The second-order valence-corrected chi connectivity index (χ2v) is 3.16. The van der Waals surface area contributed by atoms with E-state index in [1.165, 1.54) is 12.1 Å². The first-order chi connectivity index (χ1) is 8.06. The summed E-state index contributed by atoms with van der Waals surface area (Å²) in [4.78, 5) is 21.9. The molecule has 0 fully saturated rings. The molecule has 0 aromatic heterocycles. The Labute approximate surface area is 97.2 Å². The molecule has 0 bridgehead atoms. The summed E-state index contributed by atoms with van der Waals surface area (Å²) >= 11 is 0. The van der Waals surface area contributed by atoms with E-state index in [0.29, 0.717) is 6.54 Å². The first kappa shape index (κ1) is 13.0. The standard InChI is InChI=1S/C11H12FNO4/c1-2-13-9(14)6-17-8-5-3-4-7(12)10(8)11(15)16/h3-5H,2,6H2,1H3,(H,13,14)(H,15,16). The van der Waals surface area contributed by atoms with Gasteiger partial charge in [-0.3, -0.25) is 4.79 Å². The van der Waals surface area contributed by atoms with Gasteiger partial charge in [0.15, 0.2) is 6.61 Å². The number of carboxylic acid groups (broad SMARTS) is 1. The van der Waals surface area contributed by atoms with Gasteiger partial charge >= 0.3 is 5.97 Å². The lowest BCUT2D eigenvalue weighted by Gasteiger charge is -2.09. The molecule has 5 nitrogen and oxygen atoms in total. The number of carbonyl (C=O) groups is 2. The number of carbonyl (C=O) groups excluding carboxylic acids is 1. The maximum absolute atomic E-state index is 13.2. The van der Waals surface area contributed by atoms with Gasteiger partial charge in [-0.15, -0.1) is 0 Å². The fourth-order valence-corrected chi connectivity index (χ4v) is 1.22. The Morgan fingerprint density at radius 1 is 1.47 bits per heavy atom. The molecule has 92 valence electrons. The van der Waals surface area contributed by atoms with Gasteiger partial charge in [-0.25, -0.2) is 9.18 Å². The minimum absolute atomic E-state index is 0.163. The predicted molar refractivity (Wildman–Crippen MR) is 57.5 cm³/mol. The average molecular weight is 241 g/mol. The van der Waals surface area contributed by atoms with Crippen LogP contribution in [-0.4, -0.2) is 30.1 Å². The molecule has 1 aromatic rings. The summed E-state index contributed by atoms with van der Waals surface area (Å²) in [5, 5.41) is 11.3. The van der Waals surface area contributed by atoms with Crippen LogP contribution in [0.5, 0.6) is 5.75 Å². The van der Waals surface area contributed by atoms with E-state index in [1.54, 1.807) is 6.92 Å². The molecule has 1 aromatic carbocycles. The highest BCUT2D eigenvalue weighted by atomic mass is 19.1. The number of hydrogen-bond donors (Lipinski definition) is 2. The molecule has 6 heteroatoms. The number of aromatic carboxylic acids is 1. The summed E-state index contributed by atoms with van der Waals surface area (Å²) in [6.45, 7) is 1.83. The number of carboxylic acids is 1. The van der Waals surface area contributed by atoms with Crippen LogP contribution in [-0.2, 0) is 4.79 Å². The second kappa shape index (κ2) is 5.83. The Morgan fingerprint density at radius 3 is 2.76 bits per heavy atom. The molecule has 0 atom stereocenters. The quantitative estimate of drug-likeness (QED) is 0.807.